The van der Waals surface area contributed by atoms with Crippen molar-refractivity contribution in [3.05, 3.63) is 28.8 Å². The number of aryl methyl sites for hydroxylation is 1. The second-order valence-corrected chi connectivity index (χ2v) is 5.12. The normalized spacial score (nSPS) is 18.0. The van der Waals surface area contributed by atoms with E-state index in [-0.39, 0.29) is 0 Å². The van der Waals surface area contributed by atoms with E-state index in [1.165, 1.54) is 56.4 Å². The molecular weight excluding hydrogens is 218 g/mol. The first-order valence-corrected chi connectivity index (χ1v) is 6.66. The molecular formula is C14H20ClN. The second kappa shape index (κ2) is 5.58. The fourth-order valence-electron chi connectivity index (χ4n) is 2.41. The van der Waals surface area contributed by atoms with E-state index in [1.54, 1.807) is 0 Å². The Kier molecular flexibility index (Phi) is 4.11. The smallest absolute Gasteiger partial charge is 0.0426 e. The van der Waals surface area contributed by atoms with Gasteiger partial charge in [-0.1, -0.05) is 36.9 Å². The Labute approximate surface area is 103 Å². The highest BCUT2D eigenvalue weighted by atomic mass is 35.5. The van der Waals surface area contributed by atoms with Gasteiger partial charge in [-0.15, -0.1) is 0 Å². The maximum atomic E-state index is 6.08. The lowest BCUT2D eigenvalue weighted by Gasteiger charge is -2.28. The number of nitrogens with zero attached hydrogens (tertiary/aromatic N) is 1. The highest BCUT2D eigenvalue weighted by molar-refractivity contribution is 6.30. The molecule has 1 aromatic carbocycles. The van der Waals surface area contributed by atoms with Crippen LogP contribution in [0, 0.1) is 6.92 Å². The highest BCUT2D eigenvalue weighted by Gasteiger charge is 2.11. The molecule has 1 fully saturated rings. The summed E-state index contributed by atoms with van der Waals surface area (Å²) >= 11 is 6.08. The van der Waals surface area contributed by atoms with Gasteiger partial charge >= 0.3 is 0 Å². The molecule has 2 heteroatoms. The maximum absolute atomic E-state index is 6.08. The van der Waals surface area contributed by atoms with E-state index >= 15 is 0 Å². The molecule has 0 N–H and O–H groups in total. The molecule has 0 aromatic heterocycles. The molecule has 0 spiro atoms. The summed E-state index contributed by atoms with van der Waals surface area (Å²) in [6, 6.07) is 6.21. The molecule has 0 bridgehead atoms. The number of benzene rings is 1. The van der Waals surface area contributed by atoms with Crippen LogP contribution >= 0.6 is 11.6 Å². The molecule has 1 nitrogen and oxygen atoms in total. The van der Waals surface area contributed by atoms with Crippen molar-refractivity contribution >= 4 is 17.3 Å². The lowest BCUT2D eigenvalue weighted by atomic mass is 10.1. The summed E-state index contributed by atoms with van der Waals surface area (Å²) in [7, 11) is 0. The van der Waals surface area contributed by atoms with Gasteiger partial charge in [-0.25, -0.2) is 0 Å². The van der Waals surface area contributed by atoms with Gasteiger partial charge in [0.2, 0.25) is 0 Å². The average molecular weight is 238 g/mol. The van der Waals surface area contributed by atoms with Crippen molar-refractivity contribution < 1.29 is 0 Å². The minimum Gasteiger partial charge on any atom is -0.371 e. The zero-order chi connectivity index (χ0) is 11.4. The monoisotopic (exact) mass is 237 g/mol. The van der Waals surface area contributed by atoms with Gasteiger partial charge in [-0.2, -0.15) is 0 Å². The lowest BCUT2D eigenvalue weighted by Crippen LogP contribution is -2.27. The summed E-state index contributed by atoms with van der Waals surface area (Å²) in [4.78, 5) is 2.50. The average Bonchev–Trinajstić information content (AvgIpc) is 2.22. The number of hydrogen-bond acceptors (Lipinski definition) is 1. The minimum atomic E-state index is 0.850. The van der Waals surface area contributed by atoms with E-state index < -0.39 is 0 Å². The van der Waals surface area contributed by atoms with Crippen molar-refractivity contribution in [2.24, 2.45) is 0 Å². The van der Waals surface area contributed by atoms with E-state index in [0.717, 1.165) is 5.02 Å². The molecule has 0 atom stereocenters. The van der Waals surface area contributed by atoms with E-state index in [0.29, 0.717) is 0 Å². The van der Waals surface area contributed by atoms with Crippen LogP contribution in [-0.2, 0) is 0 Å². The van der Waals surface area contributed by atoms with Gasteiger partial charge in [0.1, 0.15) is 0 Å². The van der Waals surface area contributed by atoms with Crippen LogP contribution < -0.4 is 4.90 Å². The molecule has 2 rings (SSSR count). The molecule has 0 amide bonds. The predicted octanol–water partition coefficient (Wildman–Crippen LogP) is 4.42. The third-order valence-electron chi connectivity index (χ3n) is 3.37. The van der Waals surface area contributed by atoms with Crippen molar-refractivity contribution in [1.29, 1.82) is 0 Å². The van der Waals surface area contributed by atoms with Crippen LogP contribution in [0.25, 0.3) is 0 Å². The fraction of sp³-hybridized carbons (Fsp3) is 0.571. The summed E-state index contributed by atoms with van der Waals surface area (Å²) in [5.74, 6) is 0. The van der Waals surface area contributed by atoms with Crippen molar-refractivity contribution in [2.45, 2.75) is 39.0 Å². The van der Waals surface area contributed by atoms with Crippen LogP contribution in [0.3, 0.4) is 0 Å². The third-order valence-corrected chi connectivity index (χ3v) is 3.60. The summed E-state index contributed by atoms with van der Waals surface area (Å²) < 4.78 is 0. The van der Waals surface area contributed by atoms with Crippen LogP contribution in [0.15, 0.2) is 18.2 Å². The fourth-order valence-corrected chi connectivity index (χ4v) is 2.58. The van der Waals surface area contributed by atoms with Gasteiger partial charge in [0, 0.05) is 23.8 Å². The molecule has 0 unspecified atom stereocenters. The number of rotatable bonds is 1. The molecule has 0 aliphatic carbocycles. The van der Waals surface area contributed by atoms with E-state index in [1.807, 2.05) is 6.07 Å². The molecule has 16 heavy (non-hydrogen) atoms. The van der Waals surface area contributed by atoms with Crippen LogP contribution in [-0.4, -0.2) is 13.1 Å². The zero-order valence-corrected chi connectivity index (χ0v) is 10.8. The number of anilines is 1. The summed E-state index contributed by atoms with van der Waals surface area (Å²) in [5, 5.41) is 0.850. The Morgan fingerprint density at radius 3 is 2.31 bits per heavy atom. The van der Waals surface area contributed by atoms with Gasteiger partial charge in [0.25, 0.3) is 0 Å². The van der Waals surface area contributed by atoms with Crippen molar-refractivity contribution in [3.8, 4) is 0 Å². The van der Waals surface area contributed by atoms with E-state index in [9.17, 15) is 0 Å². The van der Waals surface area contributed by atoms with Gasteiger partial charge < -0.3 is 4.90 Å². The molecule has 1 aliphatic heterocycles. The first-order valence-electron chi connectivity index (χ1n) is 6.28. The maximum Gasteiger partial charge on any atom is 0.0426 e. The van der Waals surface area contributed by atoms with Crippen molar-refractivity contribution in [1.82, 2.24) is 0 Å². The standard InChI is InChI=1S/C14H20ClN/c1-12-7-8-13(15)11-14(12)16-9-5-3-2-4-6-10-16/h7-8,11H,2-6,9-10H2,1H3. The molecule has 1 aliphatic rings. The summed E-state index contributed by atoms with van der Waals surface area (Å²) in [5.41, 5.74) is 2.67. The van der Waals surface area contributed by atoms with E-state index in [4.69, 9.17) is 11.6 Å². The Hall–Kier alpha value is -0.690. The second-order valence-electron chi connectivity index (χ2n) is 4.69. The van der Waals surface area contributed by atoms with Crippen LogP contribution in [0.1, 0.15) is 37.7 Å². The largest absolute Gasteiger partial charge is 0.371 e. The Bertz CT molecular complexity index is 341. The number of hydrogen-bond donors (Lipinski definition) is 0. The van der Waals surface area contributed by atoms with E-state index in [2.05, 4.69) is 24.0 Å². The number of halogens is 1. The lowest BCUT2D eigenvalue weighted by molar-refractivity contribution is 0.556. The Morgan fingerprint density at radius 1 is 1.00 bits per heavy atom. The van der Waals surface area contributed by atoms with Crippen molar-refractivity contribution in [3.63, 3.8) is 0 Å². The van der Waals surface area contributed by atoms with Gasteiger partial charge in [-0.3, -0.25) is 0 Å². The van der Waals surface area contributed by atoms with Crippen LogP contribution in [0.2, 0.25) is 5.02 Å². The SMILES string of the molecule is Cc1ccc(Cl)cc1N1CCCCCCC1. The molecule has 0 saturated carbocycles. The summed E-state index contributed by atoms with van der Waals surface area (Å²) in [6.45, 7) is 4.53. The molecule has 1 aromatic rings. The Balaban J connectivity index is 2.16. The predicted molar refractivity (Wildman–Crippen MR) is 71.5 cm³/mol. The Morgan fingerprint density at radius 2 is 1.62 bits per heavy atom. The third kappa shape index (κ3) is 2.91. The van der Waals surface area contributed by atoms with Crippen LogP contribution in [0.5, 0.6) is 0 Å². The highest BCUT2D eigenvalue weighted by Crippen LogP contribution is 2.26. The summed E-state index contributed by atoms with van der Waals surface area (Å²) in [6.07, 6.45) is 6.77. The minimum absolute atomic E-state index is 0.850. The first-order chi connectivity index (χ1) is 7.77. The molecule has 88 valence electrons. The topological polar surface area (TPSA) is 3.24 Å². The molecule has 1 saturated heterocycles. The zero-order valence-electron chi connectivity index (χ0n) is 10.0. The van der Waals surface area contributed by atoms with Gasteiger partial charge in [-0.05, 0) is 37.5 Å². The van der Waals surface area contributed by atoms with Gasteiger partial charge in [0.15, 0.2) is 0 Å². The quantitative estimate of drug-likeness (QED) is 0.699. The molecule has 0 radical (unpaired) electrons. The van der Waals surface area contributed by atoms with Crippen LogP contribution in [0.4, 0.5) is 5.69 Å². The van der Waals surface area contributed by atoms with Gasteiger partial charge in [0.05, 0.1) is 0 Å². The first kappa shape index (κ1) is 11.8. The molecule has 1 heterocycles. The van der Waals surface area contributed by atoms with Crippen molar-refractivity contribution in [2.75, 3.05) is 18.0 Å².